The minimum atomic E-state index is -3.86. The largest absolute Gasteiger partial charge is 0.461 e. The van der Waals surface area contributed by atoms with Gasteiger partial charge in [-0.25, -0.2) is 16.8 Å². The first-order valence-electron chi connectivity index (χ1n) is 9.34. The summed E-state index contributed by atoms with van der Waals surface area (Å²) in [6, 6.07) is 11.5. The fourth-order valence-corrected chi connectivity index (χ4v) is 6.04. The lowest BCUT2D eigenvalue weighted by Gasteiger charge is -2.20. The van der Waals surface area contributed by atoms with Crippen molar-refractivity contribution in [1.29, 1.82) is 0 Å². The molecule has 0 aliphatic carbocycles. The van der Waals surface area contributed by atoms with Gasteiger partial charge in [0.1, 0.15) is 17.2 Å². The summed E-state index contributed by atoms with van der Waals surface area (Å²) in [7, 11) is -3.86. The summed E-state index contributed by atoms with van der Waals surface area (Å²) < 4.78 is 47.5. The Labute approximate surface area is 173 Å². The number of halogens is 2. The van der Waals surface area contributed by atoms with Crippen LogP contribution in [0.5, 0.6) is 0 Å². The molecule has 1 fully saturated rings. The number of furan rings is 1. The van der Waals surface area contributed by atoms with E-state index in [4.69, 9.17) is 4.42 Å². The second kappa shape index (κ2) is 6.32. The Bertz CT molecular complexity index is 1380. The van der Waals surface area contributed by atoms with E-state index in [1.807, 2.05) is 0 Å². The van der Waals surface area contributed by atoms with Crippen molar-refractivity contribution in [3.05, 3.63) is 65.8 Å². The zero-order valence-electron chi connectivity index (χ0n) is 15.3. The average molecular weight is 433 g/mol. The van der Waals surface area contributed by atoms with Gasteiger partial charge < -0.3 is 9.73 Å². The van der Waals surface area contributed by atoms with Gasteiger partial charge in [-0.15, -0.1) is 12.4 Å². The van der Waals surface area contributed by atoms with E-state index in [9.17, 15) is 12.8 Å². The molecule has 2 unspecified atom stereocenters. The van der Waals surface area contributed by atoms with Crippen LogP contribution in [0.4, 0.5) is 4.39 Å². The molecule has 0 radical (unpaired) electrons. The number of rotatable bonds is 2. The first-order valence-corrected chi connectivity index (χ1v) is 10.8. The Morgan fingerprint density at radius 1 is 1.10 bits per heavy atom. The molecule has 2 aromatic carbocycles. The van der Waals surface area contributed by atoms with Gasteiger partial charge in [-0.3, -0.25) is 0 Å². The van der Waals surface area contributed by atoms with Crippen LogP contribution in [0.15, 0.2) is 58.0 Å². The summed E-state index contributed by atoms with van der Waals surface area (Å²) >= 11 is 0. The third-order valence-corrected chi connectivity index (χ3v) is 7.66. The molecular weight excluding hydrogens is 415 g/mol. The molecule has 2 bridgehead atoms. The topological polar surface area (TPSA) is 64.2 Å². The number of hydrogen-bond acceptors (Lipinski definition) is 4. The molecule has 8 heteroatoms. The number of nitrogens with zero attached hydrogens (tertiary/aromatic N) is 1. The lowest BCUT2D eigenvalue weighted by molar-refractivity contribution is 0.441. The zero-order chi connectivity index (χ0) is 19.0. The fraction of sp³-hybridized carbons (Fsp3) is 0.238. The van der Waals surface area contributed by atoms with Crippen molar-refractivity contribution >= 4 is 44.3 Å². The molecule has 0 amide bonds. The van der Waals surface area contributed by atoms with Crippen LogP contribution in [0.3, 0.4) is 0 Å². The summed E-state index contributed by atoms with van der Waals surface area (Å²) in [4.78, 5) is 0.172. The molecule has 1 saturated heterocycles. The van der Waals surface area contributed by atoms with Crippen molar-refractivity contribution in [2.24, 2.45) is 0 Å². The van der Waals surface area contributed by atoms with Crippen molar-refractivity contribution in [1.82, 2.24) is 9.29 Å². The average Bonchev–Trinajstić information content (AvgIpc) is 3.36. The zero-order valence-corrected chi connectivity index (χ0v) is 16.9. The van der Waals surface area contributed by atoms with Crippen LogP contribution in [0.2, 0.25) is 0 Å². The number of fused-ring (bicyclic) bond motifs is 7. The lowest BCUT2D eigenvalue weighted by Crippen LogP contribution is -2.30. The molecule has 4 heterocycles. The summed E-state index contributed by atoms with van der Waals surface area (Å²) in [6.07, 6.45) is 4.45. The standard InChI is InChI=1S/C21H17FN2O3S.ClH/c22-13-2-1-12-7-8-24(18(12)9-13)28(25,26)15-4-6-19-16(11-15)21-17-5-3-14(23-17)10-20(21)27-19;/h1-2,4,6-9,11,14,17,23H,3,5,10H2;1H. The molecule has 5 nitrogen and oxygen atoms in total. The van der Waals surface area contributed by atoms with Gasteiger partial charge in [-0.05, 0) is 55.3 Å². The highest BCUT2D eigenvalue weighted by atomic mass is 35.5. The quantitative estimate of drug-likeness (QED) is 0.505. The number of aromatic nitrogens is 1. The monoisotopic (exact) mass is 432 g/mol. The van der Waals surface area contributed by atoms with Gasteiger partial charge >= 0.3 is 0 Å². The summed E-state index contributed by atoms with van der Waals surface area (Å²) in [5, 5.41) is 5.10. The van der Waals surface area contributed by atoms with Gasteiger partial charge in [-0.2, -0.15) is 0 Å². The number of hydrogen-bond donors (Lipinski definition) is 1. The molecule has 0 saturated carbocycles. The van der Waals surface area contributed by atoms with Crippen molar-refractivity contribution < 1.29 is 17.2 Å². The Morgan fingerprint density at radius 2 is 1.97 bits per heavy atom. The molecule has 29 heavy (non-hydrogen) atoms. The van der Waals surface area contributed by atoms with E-state index in [0.29, 0.717) is 22.5 Å². The van der Waals surface area contributed by atoms with E-state index >= 15 is 0 Å². The molecular formula is C21H18ClFN2O3S. The van der Waals surface area contributed by atoms with Gasteiger partial charge in [0, 0.05) is 41.0 Å². The molecule has 2 aliphatic rings. The van der Waals surface area contributed by atoms with Crippen molar-refractivity contribution in [2.45, 2.75) is 36.2 Å². The van der Waals surface area contributed by atoms with Gasteiger partial charge in [0.25, 0.3) is 10.0 Å². The maximum Gasteiger partial charge on any atom is 0.268 e. The van der Waals surface area contributed by atoms with E-state index in [-0.39, 0.29) is 23.3 Å². The van der Waals surface area contributed by atoms with Crippen molar-refractivity contribution in [3.63, 3.8) is 0 Å². The Morgan fingerprint density at radius 3 is 2.83 bits per heavy atom. The Balaban J connectivity index is 0.00000181. The van der Waals surface area contributed by atoms with Crippen LogP contribution in [-0.2, 0) is 16.4 Å². The maximum absolute atomic E-state index is 13.7. The predicted octanol–water partition coefficient (Wildman–Crippen LogP) is 4.53. The highest BCUT2D eigenvalue weighted by molar-refractivity contribution is 7.90. The summed E-state index contributed by atoms with van der Waals surface area (Å²) in [5.74, 6) is 0.494. The van der Waals surface area contributed by atoms with Crippen LogP contribution in [0.25, 0.3) is 21.9 Å². The molecule has 4 aromatic rings. The minimum Gasteiger partial charge on any atom is -0.461 e. The van der Waals surface area contributed by atoms with E-state index < -0.39 is 15.8 Å². The van der Waals surface area contributed by atoms with E-state index in [0.717, 1.165) is 39.9 Å². The van der Waals surface area contributed by atoms with Crippen molar-refractivity contribution in [2.75, 3.05) is 0 Å². The van der Waals surface area contributed by atoms with Crippen LogP contribution < -0.4 is 5.32 Å². The Kier molecular flexibility index (Phi) is 4.07. The molecule has 0 spiro atoms. The van der Waals surface area contributed by atoms with Crippen LogP contribution >= 0.6 is 12.4 Å². The van der Waals surface area contributed by atoms with Gasteiger partial charge in [0.2, 0.25) is 0 Å². The fourth-order valence-electron chi connectivity index (χ4n) is 4.67. The summed E-state index contributed by atoms with van der Waals surface area (Å²) in [5.41, 5.74) is 2.13. The third kappa shape index (κ3) is 2.64. The number of benzene rings is 2. The van der Waals surface area contributed by atoms with Gasteiger partial charge in [0.15, 0.2) is 0 Å². The molecule has 1 N–H and O–H groups in total. The minimum absolute atomic E-state index is 0. The normalized spacial score (nSPS) is 20.7. The van der Waals surface area contributed by atoms with Crippen LogP contribution in [0.1, 0.15) is 30.2 Å². The molecule has 2 atom stereocenters. The number of nitrogens with one attached hydrogen (secondary N) is 1. The molecule has 2 aliphatic heterocycles. The van der Waals surface area contributed by atoms with E-state index in [2.05, 4.69) is 5.32 Å². The van der Waals surface area contributed by atoms with Crippen LogP contribution in [-0.4, -0.2) is 18.4 Å². The first-order chi connectivity index (χ1) is 13.5. The highest BCUT2D eigenvalue weighted by Gasteiger charge is 2.36. The van der Waals surface area contributed by atoms with E-state index in [1.54, 1.807) is 30.3 Å². The van der Waals surface area contributed by atoms with Gasteiger partial charge in [0.05, 0.1) is 10.4 Å². The molecule has 6 rings (SSSR count). The smallest absolute Gasteiger partial charge is 0.268 e. The lowest BCUT2D eigenvalue weighted by atomic mass is 9.99. The highest BCUT2D eigenvalue weighted by Crippen LogP contribution is 2.42. The molecule has 2 aromatic heterocycles. The summed E-state index contributed by atoms with van der Waals surface area (Å²) in [6.45, 7) is 0. The second-order valence-corrected chi connectivity index (χ2v) is 9.43. The van der Waals surface area contributed by atoms with Gasteiger partial charge in [-0.1, -0.05) is 0 Å². The molecule has 150 valence electrons. The maximum atomic E-state index is 13.7. The first kappa shape index (κ1) is 18.7. The van der Waals surface area contributed by atoms with Crippen molar-refractivity contribution in [3.8, 4) is 0 Å². The second-order valence-electron chi connectivity index (χ2n) is 7.61. The SMILES string of the molecule is Cl.O=S(=O)(c1ccc2oc3c(c2c1)C1CCC(C3)N1)n1ccc2ccc(F)cc21. The van der Waals surface area contributed by atoms with Crippen LogP contribution in [0, 0.1) is 5.82 Å². The third-order valence-electron chi connectivity index (χ3n) is 5.97. The Hall–Kier alpha value is -2.35. The van der Waals surface area contributed by atoms with E-state index in [1.165, 1.54) is 18.3 Å². The predicted molar refractivity (Wildman–Crippen MR) is 111 cm³/mol.